The molecule has 1 fully saturated rings. The Balaban J connectivity index is 1.45. The smallest absolute Gasteiger partial charge is 0.159 e. The van der Waals surface area contributed by atoms with E-state index in [-0.39, 0.29) is 5.78 Å². The van der Waals surface area contributed by atoms with Crippen molar-refractivity contribution in [1.82, 2.24) is 4.90 Å². The van der Waals surface area contributed by atoms with Crippen LogP contribution in [0.5, 0.6) is 0 Å². The first-order chi connectivity index (χ1) is 14.2. The van der Waals surface area contributed by atoms with Gasteiger partial charge in [0, 0.05) is 29.9 Å². The molecule has 0 amide bonds. The Labute approximate surface area is 175 Å². The average molecular weight is 391 g/mol. The standard InChI is InChI=1S/C26H34N2O/c1-3-7-21-12-16-27(17-13-21)14-6-15-28-25-9-5-4-8-23(25)18-24-11-10-22(20(2)29)19-26(24)28/h4-5,8-11,19,21H,3,6-7,12-18H2,1-2H3. The summed E-state index contributed by atoms with van der Waals surface area (Å²) in [5.74, 6) is 1.09. The van der Waals surface area contributed by atoms with Gasteiger partial charge in [-0.15, -0.1) is 0 Å². The Kier molecular flexibility index (Phi) is 6.34. The summed E-state index contributed by atoms with van der Waals surface area (Å²) in [4.78, 5) is 17.0. The number of fused-ring (bicyclic) bond motifs is 2. The van der Waals surface area contributed by atoms with E-state index in [1.807, 2.05) is 6.07 Å². The van der Waals surface area contributed by atoms with E-state index in [9.17, 15) is 4.79 Å². The van der Waals surface area contributed by atoms with E-state index < -0.39 is 0 Å². The maximum Gasteiger partial charge on any atom is 0.159 e. The lowest BCUT2D eigenvalue weighted by atomic mass is 9.92. The van der Waals surface area contributed by atoms with Crippen LogP contribution < -0.4 is 4.90 Å². The average Bonchev–Trinajstić information content (AvgIpc) is 2.74. The van der Waals surface area contributed by atoms with Crippen LogP contribution in [0.25, 0.3) is 0 Å². The molecule has 0 spiro atoms. The zero-order chi connectivity index (χ0) is 20.2. The van der Waals surface area contributed by atoms with Gasteiger partial charge in [0.15, 0.2) is 5.78 Å². The van der Waals surface area contributed by atoms with Crippen LogP contribution in [0, 0.1) is 5.92 Å². The molecule has 3 nitrogen and oxygen atoms in total. The van der Waals surface area contributed by atoms with Crippen LogP contribution in [0.15, 0.2) is 42.5 Å². The Hall–Kier alpha value is -2.13. The van der Waals surface area contributed by atoms with Gasteiger partial charge in [-0.05, 0) is 75.0 Å². The minimum absolute atomic E-state index is 0.140. The summed E-state index contributed by atoms with van der Waals surface area (Å²) >= 11 is 0. The minimum atomic E-state index is 0.140. The molecule has 0 N–H and O–H groups in total. The summed E-state index contributed by atoms with van der Waals surface area (Å²) in [6.07, 6.45) is 7.55. The zero-order valence-corrected chi connectivity index (χ0v) is 18.0. The van der Waals surface area contributed by atoms with Crippen LogP contribution in [-0.2, 0) is 6.42 Å². The van der Waals surface area contributed by atoms with Crippen LogP contribution in [-0.4, -0.2) is 36.9 Å². The molecule has 0 radical (unpaired) electrons. The number of benzene rings is 2. The van der Waals surface area contributed by atoms with Gasteiger partial charge in [-0.1, -0.05) is 50.1 Å². The van der Waals surface area contributed by atoms with Crippen LogP contribution in [0.1, 0.15) is 67.4 Å². The molecule has 29 heavy (non-hydrogen) atoms. The molecular formula is C26H34N2O. The third-order valence-electron chi connectivity index (χ3n) is 6.71. The molecule has 1 saturated heterocycles. The number of para-hydroxylation sites is 1. The number of carbonyl (C=O) groups excluding carboxylic acids is 1. The molecule has 2 heterocycles. The second kappa shape index (κ2) is 9.13. The van der Waals surface area contributed by atoms with Crippen molar-refractivity contribution in [2.45, 2.75) is 52.4 Å². The summed E-state index contributed by atoms with van der Waals surface area (Å²) in [7, 11) is 0. The highest BCUT2D eigenvalue weighted by Gasteiger charge is 2.24. The van der Waals surface area contributed by atoms with Gasteiger partial charge in [0.1, 0.15) is 0 Å². The number of hydrogen-bond donors (Lipinski definition) is 0. The van der Waals surface area contributed by atoms with Gasteiger partial charge in [0.2, 0.25) is 0 Å². The van der Waals surface area contributed by atoms with E-state index in [2.05, 4.69) is 53.1 Å². The van der Waals surface area contributed by atoms with Crippen LogP contribution in [0.2, 0.25) is 0 Å². The molecule has 2 aliphatic rings. The maximum atomic E-state index is 12.0. The highest BCUT2D eigenvalue weighted by Crippen LogP contribution is 2.39. The second-order valence-electron chi connectivity index (χ2n) is 8.78. The van der Waals surface area contributed by atoms with E-state index in [1.54, 1.807) is 6.92 Å². The number of anilines is 2. The molecule has 0 saturated carbocycles. The predicted octanol–water partition coefficient (Wildman–Crippen LogP) is 5.83. The van der Waals surface area contributed by atoms with E-state index >= 15 is 0 Å². The molecule has 4 rings (SSSR count). The maximum absolute atomic E-state index is 12.0. The van der Waals surface area contributed by atoms with E-state index in [1.165, 1.54) is 67.8 Å². The first-order valence-corrected chi connectivity index (χ1v) is 11.4. The van der Waals surface area contributed by atoms with Gasteiger partial charge in [-0.25, -0.2) is 0 Å². The van der Waals surface area contributed by atoms with Gasteiger partial charge < -0.3 is 9.80 Å². The molecule has 3 heteroatoms. The van der Waals surface area contributed by atoms with Crippen molar-refractivity contribution in [3.05, 3.63) is 59.2 Å². The fourth-order valence-electron chi connectivity index (χ4n) is 5.04. The Morgan fingerprint density at radius 1 is 1.00 bits per heavy atom. The van der Waals surface area contributed by atoms with Crippen molar-refractivity contribution in [3.63, 3.8) is 0 Å². The lowest BCUT2D eigenvalue weighted by Crippen LogP contribution is -2.36. The van der Waals surface area contributed by atoms with Crippen molar-refractivity contribution in [3.8, 4) is 0 Å². The molecule has 0 atom stereocenters. The molecule has 0 bridgehead atoms. The normalized spacial score (nSPS) is 17.1. The lowest BCUT2D eigenvalue weighted by Gasteiger charge is -2.35. The Morgan fingerprint density at radius 2 is 1.76 bits per heavy atom. The Bertz CT molecular complexity index is 852. The largest absolute Gasteiger partial charge is 0.341 e. The van der Waals surface area contributed by atoms with E-state index in [0.29, 0.717) is 0 Å². The second-order valence-corrected chi connectivity index (χ2v) is 8.78. The van der Waals surface area contributed by atoms with Crippen molar-refractivity contribution in [2.75, 3.05) is 31.1 Å². The lowest BCUT2D eigenvalue weighted by molar-refractivity contribution is 0.101. The number of piperidine rings is 1. The minimum Gasteiger partial charge on any atom is -0.341 e. The molecular weight excluding hydrogens is 356 g/mol. The topological polar surface area (TPSA) is 23.6 Å². The van der Waals surface area contributed by atoms with Crippen LogP contribution in [0.3, 0.4) is 0 Å². The van der Waals surface area contributed by atoms with Crippen LogP contribution in [0.4, 0.5) is 11.4 Å². The number of carbonyl (C=O) groups is 1. The predicted molar refractivity (Wildman–Crippen MR) is 121 cm³/mol. The monoisotopic (exact) mass is 390 g/mol. The summed E-state index contributed by atoms with van der Waals surface area (Å²) in [5.41, 5.74) is 6.05. The van der Waals surface area contributed by atoms with Gasteiger partial charge in [0.05, 0.1) is 0 Å². The number of ketones is 1. The molecule has 2 aromatic rings. The number of hydrogen-bond acceptors (Lipinski definition) is 3. The molecule has 0 aliphatic carbocycles. The number of Topliss-reactive ketones (excluding diaryl/α,β-unsaturated/α-hetero) is 1. The van der Waals surface area contributed by atoms with Crippen molar-refractivity contribution in [2.24, 2.45) is 5.92 Å². The first-order valence-electron chi connectivity index (χ1n) is 11.4. The van der Waals surface area contributed by atoms with Crippen molar-refractivity contribution >= 4 is 17.2 Å². The highest BCUT2D eigenvalue weighted by molar-refractivity contribution is 5.95. The quantitative estimate of drug-likeness (QED) is 0.555. The third kappa shape index (κ3) is 4.56. The van der Waals surface area contributed by atoms with Crippen LogP contribution >= 0.6 is 0 Å². The summed E-state index contributed by atoms with van der Waals surface area (Å²) in [6.45, 7) is 8.64. The highest BCUT2D eigenvalue weighted by atomic mass is 16.1. The molecule has 0 unspecified atom stereocenters. The van der Waals surface area contributed by atoms with Gasteiger partial charge in [-0.2, -0.15) is 0 Å². The van der Waals surface area contributed by atoms with Gasteiger partial charge >= 0.3 is 0 Å². The number of likely N-dealkylation sites (tertiary alicyclic amines) is 1. The van der Waals surface area contributed by atoms with Gasteiger partial charge in [0.25, 0.3) is 0 Å². The fourth-order valence-corrected chi connectivity index (χ4v) is 5.04. The SMILES string of the molecule is CCCC1CCN(CCCN2c3ccccc3Cc3ccc(C(C)=O)cc32)CC1. The van der Waals surface area contributed by atoms with Crippen molar-refractivity contribution in [1.29, 1.82) is 0 Å². The fraction of sp³-hybridized carbons (Fsp3) is 0.500. The summed E-state index contributed by atoms with van der Waals surface area (Å²) in [5, 5.41) is 0. The van der Waals surface area contributed by atoms with E-state index in [4.69, 9.17) is 0 Å². The summed E-state index contributed by atoms with van der Waals surface area (Å²) in [6, 6.07) is 15.0. The van der Waals surface area contributed by atoms with E-state index in [0.717, 1.165) is 30.9 Å². The van der Waals surface area contributed by atoms with Gasteiger partial charge in [-0.3, -0.25) is 4.79 Å². The zero-order valence-electron chi connectivity index (χ0n) is 18.0. The molecule has 0 aromatic heterocycles. The summed E-state index contributed by atoms with van der Waals surface area (Å²) < 4.78 is 0. The molecule has 154 valence electrons. The number of rotatable bonds is 7. The number of nitrogens with zero attached hydrogens (tertiary/aromatic N) is 2. The molecule has 2 aromatic carbocycles. The van der Waals surface area contributed by atoms with Crippen molar-refractivity contribution < 1.29 is 4.79 Å². The third-order valence-corrected chi connectivity index (χ3v) is 6.71. The molecule has 2 aliphatic heterocycles. The Morgan fingerprint density at radius 3 is 2.52 bits per heavy atom. The first kappa shape index (κ1) is 20.2.